The van der Waals surface area contributed by atoms with Gasteiger partial charge in [0.1, 0.15) is 11.6 Å². The van der Waals surface area contributed by atoms with E-state index in [9.17, 15) is 8.78 Å². The highest BCUT2D eigenvalue weighted by molar-refractivity contribution is 7.17. The molecule has 3 rings (SSSR count). The van der Waals surface area contributed by atoms with Crippen LogP contribution in [0.5, 0.6) is 0 Å². The number of halogens is 2. The molecule has 0 spiro atoms. The third kappa shape index (κ3) is 2.74. The average Bonchev–Trinajstić information content (AvgIpc) is 2.82. The monoisotopic (exact) mass is 275 g/mol. The molecule has 0 aliphatic rings. The molecule has 0 fully saturated rings. The molecule has 3 aromatic rings. The minimum atomic E-state index is -0.551. The Morgan fingerprint density at radius 2 is 1.74 bits per heavy atom. The molecule has 1 aromatic heterocycles. The van der Waals surface area contributed by atoms with Crippen LogP contribution in [0.2, 0.25) is 0 Å². The van der Waals surface area contributed by atoms with Crippen LogP contribution in [0, 0.1) is 11.6 Å². The fourth-order valence-corrected chi connectivity index (χ4v) is 2.76. The van der Waals surface area contributed by atoms with Crippen molar-refractivity contribution in [3.63, 3.8) is 0 Å². The maximum atomic E-state index is 13.1. The molecule has 0 unspecified atom stereocenters. The van der Waals surface area contributed by atoms with Crippen LogP contribution >= 0.6 is 11.3 Å². The number of anilines is 1. The maximum absolute atomic E-state index is 13.1. The maximum Gasteiger partial charge on any atom is 0.126 e. The molecule has 0 amide bonds. The van der Waals surface area contributed by atoms with Gasteiger partial charge in [-0.1, -0.05) is 0 Å². The summed E-state index contributed by atoms with van der Waals surface area (Å²) in [7, 11) is 0. The first-order valence-corrected chi connectivity index (χ1v) is 6.75. The van der Waals surface area contributed by atoms with Crippen molar-refractivity contribution in [2.75, 3.05) is 5.32 Å². The second-order valence-corrected chi connectivity index (χ2v) is 5.25. The molecule has 0 bridgehead atoms. The fourth-order valence-electron chi connectivity index (χ4n) is 1.99. The highest BCUT2D eigenvalue weighted by Crippen LogP contribution is 2.24. The van der Waals surface area contributed by atoms with Crippen molar-refractivity contribution < 1.29 is 8.78 Å². The predicted molar refractivity (Wildman–Crippen MR) is 75.5 cm³/mol. The zero-order chi connectivity index (χ0) is 13.2. The van der Waals surface area contributed by atoms with Gasteiger partial charge in [-0.2, -0.15) is 0 Å². The van der Waals surface area contributed by atoms with E-state index in [1.807, 2.05) is 29.6 Å². The normalized spacial score (nSPS) is 10.8. The molecular weight excluding hydrogens is 264 g/mol. The van der Waals surface area contributed by atoms with Crippen molar-refractivity contribution in [2.24, 2.45) is 0 Å². The molecule has 1 nitrogen and oxygen atoms in total. The second kappa shape index (κ2) is 4.97. The third-order valence-corrected chi connectivity index (χ3v) is 3.77. The summed E-state index contributed by atoms with van der Waals surface area (Å²) < 4.78 is 27.3. The van der Waals surface area contributed by atoms with Gasteiger partial charge in [0.15, 0.2) is 0 Å². The van der Waals surface area contributed by atoms with Gasteiger partial charge in [-0.25, -0.2) is 8.78 Å². The molecule has 1 N–H and O–H groups in total. The zero-order valence-electron chi connectivity index (χ0n) is 9.99. The highest BCUT2D eigenvalue weighted by atomic mass is 32.1. The summed E-state index contributed by atoms with van der Waals surface area (Å²) in [6.45, 7) is 0.393. The number of fused-ring (bicyclic) bond motifs is 1. The van der Waals surface area contributed by atoms with Crippen molar-refractivity contribution in [1.82, 2.24) is 0 Å². The molecule has 0 radical (unpaired) electrons. The number of rotatable bonds is 3. The first kappa shape index (κ1) is 12.1. The number of hydrogen-bond donors (Lipinski definition) is 1. The van der Waals surface area contributed by atoms with Crippen molar-refractivity contribution in [1.29, 1.82) is 0 Å². The Kier molecular flexibility index (Phi) is 3.17. The second-order valence-electron chi connectivity index (χ2n) is 4.30. The molecule has 19 heavy (non-hydrogen) atoms. The number of hydrogen-bond acceptors (Lipinski definition) is 2. The lowest BCUT2D eigenvalue weighted by atomic mass is 10.2. The van der Waals surface area contributed by atoms with Gasteiger partial charge < -0.3 is 5.32 Å². The van der Waals surface area contributed by atoms with Crippen LogP contribution in [0.1, 0.15) is 5.56 Å². The first-order valence-electron chi connectivity index (χ1n) is 5.87. The van der Waals surface area contributed by atoms with E-state index in [-0.39, 0.29) is 0 Å². The Morgan fingerprint density at radius 1 is 0.947 bits per heavy atom. The van der Waals surface area contributed by atoms with E-state index in [0.717, 1.165) is 11.8 Å². The van der Waals surface area contributed by atoms with E-state index < -0.39 is 11.6 Å². The van der Waals surface area contributed by atoms with Crippen LogP contribution in [-0.2, 0) is 6.54 Å². The van der Waals surface area contributed by atoms with Gasteiger partial charge >= 0.3 is 0 Å². The highest BCUT2D eigenvalue weighted by Gasteiger charge is 2.01. The molecule has 96 valence electrons. The lowest BCUT2D eigenvalue weighted by Gasteiger charge is -2.07. The van der Waals surface area contributed by atoms with Crippen LogP contribution in [0.25, 0.3) is 10.1 Å². The van der Waals surface area contributed by atoms with E-state index in [0.29, 0.717) is 12.1 Å². The van der Waals surface area contributed by atoms with Gasteiger partial charge in [0.25, 0.3) is 0 Å². The van der Waals surface area contributed by atoms with E-state index in [1.54, 1.807) is 11.3 Å². The number of benzene rings is 2. The van der Waals surface area contributed by atoms with Crippen LogP contribution in [0.15, 0.2) is 47.8 Å². The zero-order valence-corrected chi connectivity index (χ0v) is 10.8. The fraction of sp³-hybridized carbons (Fsp3) is 0.0667. The predicted octanol–water partition coefficient (Wildman–Crippen LogP) is 4.79. The third-order valence-electron chi connectivity index (χ3n) is 2.87. The quantitative estimate of drug-likeness (QED) is 0.724. The Balaban J connectivity index is 1.77. The van der Waals surface area contributed by atoms with Crippen LogP contribution in [0.4, 0.5) is 14.5 Å². The smallest absolute Gasteiger partial charge is 0.126 e. The summed E-state index contributed by atoms with van der Waals surface area (Å²) in [6.07, 6.45) is 0. The van der Waals surface area contributed by atoms with E-state index >= 15 is 0 Å². The summed E-state index contributed by atoms with van der Waals surface area (Å²) >= 11 is 1.69. The van der Waals surface area contributed by atoms with Crippen molar-refractivity contribution in [3.8, 4) is 0 Å². The Hall–Kier alpha value is -1.94. The largest absolute Gasteiger partial charge is 0.381 e. The van der Waals surface area contributed by atoms with Gasteiger partial charge in [-0.3, -0.25) is 0 Å². The molecular formula is C15H11F2NS. The topological polar surface area (TPSA) is 12.0 Å². The first-order chi connectivity index (χ1) is 9.20. The minimum absolute atomic E-state index is 0.393. The molecule has 2 aromatic carbocycles. The van der Waals surface area contributed by atoms with E-state index in [2.05, 4.69) is 5.32 Å². The van der Waals surface area contributed by atoms with Crippen molar-refractivity contribution >= 4 is 27.1 Å². The van der Waals surface area contributed by atoms with Gasteiger partial charge in [-0.15, -0.1) is 11.3 Å². The summed E-state index contributed by atoms with van der Waals surface area (Å²) in [4.78, 5) is 0. The number of nitrogens with one attached hydrogen (secondary N) is 1. The minimum Gasteiger partial charge on any atom is -0.381 e. The molecule has 0 aliphatic heterocycles. The van der Waals surface area contributed by atoms with E-state index in [4.69, 9.17) is 0 Å². The van der Waals surface area contributed by atoms with Crippen molar-refractivity contribution in [3.05, 3.63) is 65.0 Å². The summed E-state index contributed by atoms with van der Waals surface area (Å²) in [5.41, 5.74) is 1.53. The van der Waals surface area contributed by atoms with Gasteiger partial charge in [0, 0.05) is 23.0 Å². The van der Waals surface area contributed by atoms with Gasteiger partial charge in [0.05, 0.1) is 0 Å². The van der Waals surface area contributed by atoms with E-state index in [1.165, 1.54) is 22.2 Å². The van der Waals surface area contributed by atoms with Crippen molar-refractivity contribution in [2.45, 2.75) is 6.54 Å². The van der Waals surface area contributed by atoms with Gasteiger partial charge in [-0.05, 0) is 52.7 Å². The lowest BCUT2D eigenvalue weighted by molar-refractivity contribution is 0.580. The summed E-state index contributed by atoms with van der Waals surface area (Å²) in [6, 6.07) is 11.6. The standard InChI is InChI=1S/C15H11F2NS/c16-12-5-10(6-13(17)8-12)9-18-14-1-2-15-11(7-14)3-4-19-15/h1-8,18H,9H2. The molecule has 4 heteroatoms. The summed E-state index contributed by atoms with van der Waals surface area (Å²) in [5, 5.41) is 6.37. The Morgan fingerprint density at radius 3 is 2.53 bits per heavy atom. The molecule has 1 heterocycles. The van der Waals surface area contributed by atoms with Crippen LogP contribution in [-0.4, -0.2) is 0 Å². The van der Waals surface area contributed by atoms with Gasteiger partial charge in [0.2, 0.25) is 0 Å². The molecule has 0 atom stereocenters. The average molecular weight is 275 g/mol. The number of thiophene rings is 1. The Labute approximate surface area is 113 Å². The molecule has 0 aliphatic carbocycles. The summed E-state index contributed by atoms with van der Waals surface area (Å²) in [5.74, 6) is -1.10. The SMILES string of the molecule is Fc1cc(F)cc(CNc2ccc3sccc3c2)c1. The molecule has 0 saturated heterocycles. The Bertz CT molecular complexity index is 701. The lowest BCUT2D eigenvalue weighted by Crippen LogP contribution is -2.00. The van der Waals surface area contributed by atoms with Crippen LogP contribution in [0.3, 0.4) is 0 Å². The molecule has 0 saturated carbocycles. The van der Waals surface area contributed by atoms with Crippen LogP contribution < -0.4 is 5.32 Å².